The number of anilines is 1. The van der Waals surface area contributed by atoms with Gasteiger partial charge in [-0.3, -0.25) is 4.79 Å². The molecule has 1 fully saturated rings. The van der Waals surface area contributed by atoms with Crippen molar-refractivity contribution in [3.8, 4) is 0 Å². The molecule has 0 spiro atoms. The number of rotatable bonds is 3. The molecule has 1 aliphatic heterocycles. The number of nitrogens with one attached hydrogen (secondary N) is 2. The molecule has 5 heteroatoms. The van der Waals surface area contributed by atoms with Gasteiger partial charge in [-0.15, -0.1) is 0 Å². The van der Waals surface area contributed by atoms with E-state index in [0.29, 0.717) is 16.6 Å². The van der Waals surface area contributed by atoms with E-state index >= 15 is 0 Å². The fourth-order valence-corrected chi connectivity index (χ4v) is 3.35. The van der Waals surface area contributed by atoms with Crippen molar-refractivity contribution in [3.63, 3.8) is 0 Å². The first-order chi connectivity index (χ1) is 11.1. The first kappa shape index (κ1) is 16.0. The minimum absolute atomic E-state index is 0.157. The second kappa shape index (κ2) is 7.11. The number of carbonyl (C=O) groups excluding carboxylic acids is 1. The van der Waals surface area contributed by atoms with Crippen molar-refractivity contribution in [2.75, 3.05) is 18.4 Å². The van der Waals surface area contributed by atoms with Gasteiger partial charge >= 0.3 is 0 Å². The van der Waals surface area contributed by atoms with E-state index in [-0.39, 0.29) is 5.91 Å². The largest absolute Gasteiger partial charge is 0.322 e. The molecular weight excluding hydrogens is 310 g/mol. The third-order valence-corrected chi connectivity index (χ3v) is 4.52. The van der Waals surface area contributed by atoms with Crippen molar-refractivity contribution in [1.29, 1.82) is 0 Å². The number of hydrogen-bond donors (Lipinski definition) is 2. The van der Waals surface area contributed by atoms with Crippen LogP contribution in [0, 0.1) is 6.92 Å². The van der Waals surface area contributed by atoms with E-state index in [9.17, 15) is 4.79 Å². The Morgan fingerprint density at radius 3 is 2.83 bits per heavy atom. The molecule has 4 nitrogen and oxygen atoms in total. The summed E-state index contributed by atoms with van der Waals surface area (Å²) < 4.78 is 0. The molecule has 120 valence electrons. The van der Waals surface area contributed by atoms with Crippen LogP contribution in [0.25, 0.3) is 0 Å². The molecule has 0 bridgehead atoms. The highest BCUT2D eigenvalue weighted by Gasteiger charge is 2.21. The van der Waals surface area contributed by atoms with Gasteiger partial charge in [0, 0.05) is 17.4 Å². The van der Waals surface area contributed by atoms with Crippen molar-refractivity contribution in [2.24, 2.45) is 0 Å². The molecule has 1 aliphatic rings. The van der Waals surface area contributed by atoms with E-state index < -0.39 is 0 Å². The Kier molecular flexibility index (Phi) is 4.94. The molecule has 2 aromatic rings. The highest BCUT2D eigenvalue weighted by molar-refractivity contribution is 6.29. The average molecular weight is 330 g/mol. The van der Waals surface area contributed by atoms with Crippen LogP contribution >= 0.6 is 11.6 Å². The summed E-state index contributed by atoms with van der Waals surface area (Å²) in [5, 5.41) is 6.75. The molecule has 2 heterocycles. The van der Waals surface area contributed by atoms with Crippen molar-refractivity contribution < 1.29 is 4.79 Å². The zero-order valence-corrected chi connectivity index (χ0v) is 13.9. The maximum atomic E-state index is 12.5. The molecule has 0 aliphatic carbocycles. The number of benzene rings is 1. The number of hydrogen-bond acceptors (Lipinski definition) is 3. The van der Waals surface area contributed by atoms with Gasteiger partial charge in [0.25, 0.3) is 5.91 Å². The first-order valence-corrected chi connectivity index (χ1v) is 8.26. The minimum Gasteiger partial charge on any atom is -0.322 e. The maximum absolute atomic E-state index is 12.5. The number of aromatic nitrogens is 1. The minimum atomic E-state index is -0.157. The molecule has 0 saturated carbocycles. The monoisotopic (exact) mass is 329 g/mol. The summed E-state index contributed by atoms with van der Waals surface area (Å²) in [6.45, 7) is 4.15. The van der Waals surface area contributed by atoms with Gasteiger partial charge in [-0.2, -0.15) is 0 Å². The zero-order valence-electron chi connectivity index (χ0n) is 13.1. The van der Waals surface area contributed by atoms with Gasteiger partial charge in [-0.1, -0.05) is 23.7 Å². The Bertz CT molecular complexity index is 711. The summed E-state index contributed by atoms with van der Waals surface area (Å²) in [5.41, 5.74) is 3.89. The summed E-state index contributed by atoms with van der Waals surface area (Å²) in [7, 11) is 0. The van der Waals surface area contributed by atoms with E-state index in [1.807, 2.05) is 12.1 Å². The predicted molar refractivity (Wildman–Crippen MR) is 93.2 cm³/mol. The Morgan fingerprint density at radius 1 is 1.30 bits per heavy atom. The van der Waals surface area contributed by atoms with Gasteiger partial charge in [0.05, 0.1) is 0 Å². The predicted octanol–water partition coefficient (Wildman–Crippen LogP) is 3.76. The van der Waals surface area contributed by atoms with Crippen LogP contribution in [0.4, 0.5) is 5.69 Å². The number of carbonyl (C=O) groups is 1. The van der Waals surface area contributed by atoms with Crippen LogP contribution in [0.3, 0.4) is 0 Å². The lowest BCUT2D eigenvalue weighted by atomic mass is 9.86. The standard InChI is InChI=1S/C18H20ClN3O/c1-12-3-2-4-15(17(12)13-5-8-20-9-6-13)22-18(23)14-7-10-21-16(19)11-14/h2-4,7,10-11,13,20H,5-6,8-9H2,1H3,(H,22,23). The lowest BCUT2D eigenvalue weighted by Crippen LogP contribution is -2.27. The first-order valence-electron chi connectivity index (χ1n) is 7.88. The summed E-state index contributed by atoms with van der Waals surface area (Å²) >= 11 is 5.87. The average Bonchev–Trinajstić information content (AvgIpc) is 2.56. The molecule has 1 aromatic carbocycles. The summed E-state index contributed by atoms with van der Waals surface area (Å²) in [4.78, 5) is 16.4. The summed E-state index contributed by atoms with van der Waals surface area (Å²) in [5.74, 6) is 0.323. The maximum Gasteiger partial charge on any atom is 0.255 e. The molecule has 1 aromatic heterocycles. The van der Waals surface area contributed by atoms with Crippen LogP contribution in [-0.2, 0) is 0 Å². The Balaban J connectivity index is 1.87. The fourth-order valence-electron chi connectivity index (χ4n) is 3.18. The highest BCUT2D eigenvalue weighted by atomic mass is 35.5. The van der Waals surface area contributed by atoms with E-state index in [2.05, 4.69) is 28.6 Å². The Labute approximate surface area is 141 Å². The fraction of sp³-hybridized carbons (Fsp3) is 0.333. The number of pyridine rings is 1. The van der Waals surface area contributed by atoms with E-state index in [1.165, 1.54) is 11.1 Å². The van der Waals surface area contributed by atoms with Gasteiger partial charge in [0.1, 0.15) is 5.15 Å². The zero-order chi connectivity index (χ0) is 16.2. The molecule has 0 atom stereocenters. The summed E-state index contributed by atoms with van der Waals surface area (Å²) in [6.07, 6.45) is 3.73. The molecule has 23 heavy (non-hydrogen) atoms. The second-order valence-electron chi connectivity index (χ2n) is 5.88. The third kappa shape index (κ3) is 3.71. The van der Waals surface area contributed by atoms with Gasteiger partial charge in [-0.05, 0) is 68.1 Å². The highest BCUT2D eigenvalue weighted by Crippen LogP contribution is 2.34. The van der Waals surface area contributed by atoms with Crippen LogP contribution in [0.15, 0.2) is 36.5 Å². The number of halogens is 1. The quantitative estimate of drug-likeness (QED) is 0.843. The number of aryl methyl sites for hydroxylation is 1. The van der Waals surface area contributed by atoms with Crippen LogP contribution < -0.4 is 10.6 Å². The van der Waals surface area contributed by atoms with E-state index in [0.717, 1.165) is 31.6 Å². The van der Waals surface area contributed by atoms with Crippen molar-refractivity contribution in [2.45, 2.75) is 25.7 Å². The van der Waals surface area contributed by atoms with E-state index in [1.54, 1.807) is 18.3 Å². The molecule has 0 unspecified atom stereocenters. The normalized spacial score (nSPS) is 15.4. The van der Waals surface area contributed by atoms with Crippen LogP contribution in [-0.4, -0.2) is 24.0 Å². The van der Waals surface area contributed by atoms with Gasteiger partial charge < -0.3 is 10.6 Å². The second-order valence-corrected chi connectivity index (χ2v) is 6.27. The molecule has 2 N–H and O–H groups in total. The lowest BCUT2D eigenvalue weighted by Gasteiger charge is -2.26. The van der Waals surface area contributed by atoms with Crippen molar-refractivity contribution in [1.82, 2.24) is 10.3 Å². The van der Waals surface area contributed by atoms with Gasteiger partial charge in [0.2, 0.25) is 0 Å². The van der Waals surface area contributed by atoms with Gasteiger partial charge in [0.15, 0.2) is 0 Å². The van der Waals surface area contributed by atoms with Crippen molar-refractivity contribution >= 4 is 23.2 Å². The number of nitrogens with zero attached hydrogens (tertiary/aromatic N) is 1. The molecule has 0 radical (unpaired) electrons. The molecular formula is C18H20ClN3O. The number of amides is 1. The number of piperidine rings is 1. The van der Waals surface area contributed by atoms with Crippen LogP contribution in [0.5, 0.6) is 0 Å². The third-order valence-electron chi connectivity index (χ3n) is 4.31. The van der Waals surface area contributed by atoms with Crippen LogP contribution in [0.2, 0.25) is 5.15 Å². The SMILES string of the molecule is Cc1cccc(NC(=O)c2ccnc(Cl)c2)c1C1CCNCC1. The molecule has 3 rings (SSSR count). The van der Waals surface area contributed by atoms with Crippen LogP contribution in [0.1, 0.15) is 40.2 Å². The van der Waals surface area contributed by atoms with Crippen molar-refractivity contribution in [3.05, 3.63) is 58.4 Å². The Morgan fingerprint density at radius 2 is 2.09 bits per heavy atom. The summed E-state index contributed by atoms with van der Waals surface area (Å²) in [6, 6.07) is 9.31. The van der Waals surface area contributed by atoms with E-state index in [4.69, 9.17) is 11.6 Å². The molecule has 1 saturated heterocycles. The Hall–Kier alpha value is -1.91. The topological polar surface area (TPSA) is 54.0 Å². The molecule has 1 amide bonds. The van der Waals surface area contributed by atoms with Gasteiger partial charge in [-0.25, -0.2) is 4.98 Å². The smallest absolute Gasteiger partial charge is 0.255 e. The lowest BCUT2D eigenvalue weighted by molar-refractivity contribution is 0.102.